The monoisotopic (exact) mass is 298 g/mol. The highest BCUT2D eigenvalue weighted by Crippen LogP contribution is 2.35. The van der Waals surface area contributed by atoms with Crippen LogP contribution in [0, 0.1) is 0 Å². The van der Waals surface area contributed by atoms with E-state index < -0.39 is 5.60 Å². The molecule has 21 heavy (non-hydrogen) atoms. The summed E-state index contributed by atoms with van der Waals surface area (Å²) in [6.45, 7) is 2.65. The molecule has 0 saturated carbocycles. The summed E-state index contributed by atoms with van der Waals surface area (Å²) in [5.74, 6) is 0.813. The minimum Gasteiger partial charge on any atom is -0.480 e. The SMILES string of the molecule is CC(CCN)(Oc1cccc2scnc12)c1ccccc1. The molecule has 0 bridgehead atoms. The Hall–Kier alpha value is -1.91. The standard InChI is InChI=1S/C17H18N2OS/c1-17(10-11-18,13-6-3-2-4-7-13)20-14-8-5-9-15-16(14)19-12-21-15/h2-9,12H,10-11,18H2,1H3. The molecule has 0 amide bonds. The molecule has 1 unspecified atom stereocenters. The van der Waals surface area contributed by atoms with Crippen LogP contribution in [-0.4, -0.2) is 11.5 Å². The van der Waals surface area contributed by atoms with Crippen LogP contribution in [0.2, 0.25) is 0 Å². The lowest BCUT2D eigenvalue weighted by molar-refractivity contribution is 0.0814. The van der Waals surface area contributed by atoms with Crippen LogP contribution >= 0.6 is 11.3 Å². The van der Waals surface area contributed by atoms with Crippen molar-refractivity contribution < 1.29 is 4.74 Å². The number of para-hydroxylation sites is 1. The highest BCUT2D eigenvalue weighted by atomic mass is 32.1. The summed E-state index contributed by atoms with van der Waals surface area (Å²) in [5, 5.41) is 0. The molecule has 2 N–H and O–H groups in total. The number of thiazole rings is 1. The van der Waals surface area contributed by atoms with E-state index in [-0.39, 0.29) is 0 Å². The van der Waals surface area contributed by atoms with Crippen molar-refractivity contribution in [1.29, 1.82) is 0 Å². The predicted molar refractivity (Wildman–Crippen MR) is 87.7 cm³/mol. The van der Waals surface area contributed by atoms with E-state index in [1.807, 2.05) is 35.8 Å². The number of nitrogens with two attached hydrogens (primary N) is 1. The number of benzene rings is 2. The minimum atomic E-state index is -0.450. The Bertz CT molecular complexity index is 726. The topological polar surface area (TPSA) is 48.1 Å². The van der Waals surface area contributed by atoms with Crippen molar-refractivity contribution >= 4 is 21.6 Å². The molecule has 0 aliphatic heterocycles. The van der Waals surface area contributed by atoms with Crippen molar-refractivity contribution in [1.82, 2.24) is 4.98 Å². The minimum absolute atomic E-state index is 0.450. The molecule has 0 saturated heterocycles. The Morgan fingerprint density at radius 1 is 1.14 bits per heavy atom. The van der Waals surface area contributed by atoms with Gasteiger partial charge in [0.1, 0.15) is 16.9 Å². The summed E-state index contributed by atoms with van der Waals surface area (Å²) in [7, 11) is 0. The molecular weight excluding hydrogens is 280 g/mol. The molecule has 0 aliphatic carbocycles. The van der Waals surface area contributed by atoms with Gasteiger partial charge in [0.2, 0.25) is 0 Å². The van der Waals surface area contributed by atoms with Gasteiger partial charge in [0.15, 0.2) is 0 Å². The van der Waals surface area contributed by atoms with Crippen molar-refractivity contribution in [3.05, 3.63) is 59.6 Å². The highest BCUT2D eigenvalue weighted by molar-refractivity contribution is 7.16. The number of hydrogen-bond donors (Lipinski definition) is 1. The van der Waals surface area contributed by atoms with E-state index in [1.165, 1.54) is 0 Å². The Kier molecular flexibility index (Phi) is 3.90. The van der Waals surface area contributed by atoms with Gasteiger partial charge in [-0.25, -0.2) is 4.98 Å². The fourth-order valence-electron chi connectivity index (χ4n) is 2.51. The summed E-state index contributed by atoms with van der Waals surface area (Å²) in [5.41, 5.74) is 9.25. The summed E-state index contributed by atoms with van der Waals surface area (Å²) < 4.78 is 7.50. The average molecular weight is 298 g/mol. The molecule has 1 heterocycles. The summed E-state index contributed by atoms with van der Waals surface area (Å²) >= 11 is 1.62. The summed E-state index contributed by atoms with van der Waals surface area (Å²) in [6.07, 6.45) is 0.748. The molecule has 0 aliphatic rings. The first-order chi connectivity index (χ1) is 10.2. The van der Waals surface area contributed by atoms with Crippen LogP contribution in [0.3, 0.4) is 0 Å². The number of hydrogen-bond acceptors (Lipinski definition) is 4. The predicted octanol–water partition coefficient (Wildman–Crippen LogP) is 3.94. The molecule has 0 radical (unpaired) electrons. The van der Waals surface area contributed by atoms with E-state index in [0.29, 0.717) is 6.54 Å². The molecule has 3 nitrogen and oxygen atoms in total. The third-order valence-electron chi connectivity index (χ3n) is 3.66. The van der Waals surface area contributed by atoms with Gasteiger partial charge >= 0.3 is 0 Å². The Balaban J connectivity index is 2.01. The van der Waals surface area contributed by atoms with E-state index in [0.717, 1.165) is 28.0 Å². The van der Waals surface area contributed by atoms with Crippen molar-refractivity contribution in [2.75, 3.05) is 6.54 Å². The van der Waals surface area contributed by atoms with Crippen LogP contribution in [0.1, 0.15) is 18.9 Å². The maximum Gasteiger partial charge on any atom is 0.147 e. The second-order valence-electron chi connectivity index (χ2n) is 5.19. The first kappa shape index (κ1) is 14.0. The van der Waals surface area contributed by atoms with Crippen LogP contribution in [0.4, 0.5) is 0 Å². The summed E-state index contributed by atoms with van der Waals surface area (Å²) in [6, 6.07) is 16.3. The number of ether oxygens (including phenoxy) is 1. The molecule has 3 aromatic rings. The van der Waals surface area contributed by atoms with E-state index in [2.05, 4.69) is 30.1 Å². The van der Waals surface area contributed by atoms with Crippen LogP contribution in [0.25, 0.3) is 10.2 Å². The zero-order chi connectivity index (χ0) is 14.7. The van der Waals surface area contributed by atoms with Crippen LogP contribution in [0.5, 0.6) is 5.75 Å². The molecule has 0 fully saturated rings. The molecule has 4 heteroatoms. The van der Waals surface area contributed by atoms with E-state index in [1.54, 1.807) is 11.3 Å². The molecule has 0 spiro atoms. The largest absolute Gasteiger partial charge is 0.480 e. The Morgan fingerprint density at radius 2 is 1.95 bits per heavy atom. The molecule has 108 valence electrons. The van der Waals surface area contributed by atoms with Gasteiger partial charge in [-0.3, -0.25) is 0 Å². The van der Waals surface area contributed by atoms with Gasteiger partial charge in [0.05, 0.1) is 10.2 Å². The highest BCUT2D eigenvalue weighted by Gasteiger charge is 2.28. The van der Waals surface area contributed by atoms with E-state index in [9.17, 15) is 0 Å². The fraction of sp³-hybridized carbons (Fsp3) is 0.235. The third kappa shape index (κ3) is 2.77. The summed E-state index contributed by atoms with van der Waals surface area (Å²) in [4.78, 5) is 4.42. The lowest BCUT2D eigenvalue weighted by Crippen LogP contribution is -2.32. The quantitative estimate of drug-likeness (QED) is 0.776. The smallest absolute Gasteiger partial charge is 0.147 e. The zero-order valence-corrected chi connectivity index (χ0v) is 12.8. The van der Waals surface area contributed by atoms with Gasteiger partial charge in [-0.2, -0.15) is 0 Å². The first-order valence-corrected chi connectivity index (χ1v) is 7.88. The van der Waals surface area contributed by atoms with Crippen LogP contribution in [-0.2, 0) is 5.60 Å². The number of aromatic nitrogens is 1. The first-order valence-electron chi connectivity index (χ1n) is 7.00. The lowest BCUT2D eigenvalue weighted by atomic mass is 9.92. The Labute approximate surface area is 128 Å². The van der Waals surface area contributed by atoms with E-state index >= 15 is 0 Å². The van der Waals surface area contributed by atoms with Crippen molar-refractivity contribution in [2.24, 2.45) is 5.73 Å². The third-order valence-corrected chi connectivity index (χ3v) is 4.46. The molecule has 1 atom stereocenters. The zero-order valence-electron chi connectivity index (χ0n) is 12.0. The molecule has 2 aromatic carbocycles. The maximum atomic E-state index is 6.36. The van der Waals surface area contributed by atoms with Crippen molar-refractivity contribution in [3.63, 3.8) is 0 Å². The van der Waals surface area contributed by atoms with Gasteiger partial charge in [0, 0.05) is 6.42 Å². The number of fused-ring (bicyclic) bond motifs is 1. The van der Waals surface area contributed by atoms with Gasteiger partial charge in [0.25, 0.3) is 0 Å². The Morgan fingerprint density at radius 3 is 2.71 bits per heavy atom. The molecule has 3 rings (SSSR count). The van der Waals surface area contributed by atoms with E-state index in [4.69, 9.17) is 10.5 Å². The lowest BCUT2D eigenvalue weighted by Gasteiger charge is -2.31. The maximum absolute atomic E-state index is 6.36. The number of rotatable bonds is 5. The van der Waals surface area contributed by atoms with Gasteiger partial charge in [-0.1, -0.05) is 36.4 Å². The second kappa shape index (κ2) is 5.84. The van der Waals surface area contributed by atoms with Gasteiger partial charge in [-0.15, -0.1) is 11.3 Å². The van der Waals surface area contributed by atoms with Crippen LogP contribution in [0.15, 0.2) is 54.0 Å². The number of nitrogens with zero attached hydrogens (tertiary/aromatic N) is 1. The molecular formula is C17H18N2OS. The van der Waals surface area contributed by atoms with Gasteiger partial charge in [-0.05, 0) is 31.2 Å². The molecule has 1 aromatic heterocycles. The second-order valence-corrected chi connectivity index (χ2v) is 6.08. The van der Waals surface area contributed by atoms with Crippen molar-refractivity contribution in [2.45, 2.75) is 18.9 Å². The average Bonchev–Trinajstić information content (AvgIpc) is 2.98. The van der Waals surface area contributed by atoms with Crippen molar-refractivity contribution in [3.8, 4) is 5.75 Å². The van der Waals surface area contributed by atoms with Gasteiger partial charge < -0.3 is 10.5 Å². The van der Waals surface area contributed by atoms with Crippen LogP contribution < -0.4 is 10.5 Å². The fourth-order valence-corrected chi connectivity index (χ4v) is 3.20. The normalized spacial score (nSPS) is 14.0.